The van der Waals surface area contributed by atoms with Crippen LogP contribution >= 0.6 is 0 Å². The Balaban J connectivity index is 2.02. The maximum atomic E-state index is 11.0. The van der Waals surface area contributed by atoms with Crippen molar-refractivity contribution < 1.29 is 4.92 Å². The lowest BCUT2D eigenvalue weighted by Crippen LogP contribution is -2.00. The fourth-order valence-electron chi connectivity index (χ4n) is 2.38. The van der Waals surface area contributed by atoms with Crippen LogP contribution in [-0.2, 0) is 0 Å². The number of nitro benzene ring substituents is 1. The summed E-state index contributed by atoms with van der Waals surface area (Å²) in [7, 11) is 1.75. The van der Waals surface area contributed by atoms with Crippen molar-refractivity contribution in [3.05, 3.63) is 70.7 Å². The Morgan fingerprint density at radius 2 is 2.00 bits per heavy atom. The van der Waals surface area contributed by atoms with Crippen LogP contribution in [0.3, 0.4) is 0 Å². The summed E-state index contributed by atoms with van der Waals surface area (Å²) in [5.74, 6) is 0. The number of anilines is 1. The molecule has 0 saturated heterocycles. The second-order valence-corrected chi connectivity index (χ2v) is 5.06. The predicted molar refractivity (Wildman–Crippen MR) is 89.9 cm³/mol. The van der Waals surface area contributed by atoms with Crippen LogP contribution in [0, 0.1) is 21.4 Å². The van der Waals surface area contributed by atoms with Crippen LogP contribution in [0.15, 0.2) is 55.0 Å². The lowest BCUT2D eigenvalue weighted by molar-refractivity contribution is -0.384. The molecule has 0 aliphatic heterocycles. The van der Waals surface area contributed by atoms with E-state index in [0.29, 0.717) is 16.9 Å². The van der Waals surface area contributed by atoms with Crippen molar-refractivity contribution in [3.8, 4) is 23.0 Å². The standard InChI is InChI=1S/C17H13N5O2/c1-19-15-7-6-14(22(23)24)8-17(15)21-10-16(20-11-21)13-4-2-12(9-18)3-5-13/h2-8,10-11,19H,1H3. The van der Waals surface area contributed by atoms with Gasteiger partial charge in [-0.1, -0.05) is 12.1 Å². The monoisotopic (exact) mass is 319 g/mol. The Bertz CT molecular complexity index is 938. The lowest BCUT2D eigenvalue weighted by atomic mass is 10.1. The van der Waals surface area contributed by atoms with Crippen LogP contribution in [0.2, 0.25) is 0 Å². The molecule has 1 aromatic heterocycles. The summed E-state index contributed by atoms with van der Waals surface area (Å²) < 4.78 is 1.73. The molecule has 0 unspecified atom stereocenters. The van der Waals surface area contributed by atoms with E-state index in [1.54, 1.807) is 42.3 Å². The van der Waals surface area contributed by atoms with Crippen molar-refractivity contribution in [1.82, 2.24) is 9.55 Å². The number of imidazole rings is 1. The SMILES string of the molecule is CNc1ccc([N+](=O)[O-])cc1-n1cnc(-c2ccc(C#N)cc2)c1. The average Bonchev–Trinajstić information content (AvgIpc) is 3.11. The third kappa shape index (κ3) is 2.80. The van der Waals surface area contributed by atoms with Crippen molar-refractivity contribution in [2.45, 2.75) is 0 Å². The number of non-ortho nitro benzene ring substituents is 1. The van der Waals surface area contributed by atoms with Crippen molar-refractivity contribution >= 4 is 11.4 Å². The number of hydrogen-bond donors (Lipinski definition) is 1. The number of hydrogen-bond acceptors (Lipinski definition) is 5. The highest BCUT2D eigenvalue weighted by Crippen LogP contribution is 2.27. The third-order valence-electron chi connectivity index (χ3n) is 3.63. The molecule has 3 aromatic rings. The zero-order valence-electron chi connectivity index (χ0n) is 12.8. The van der Waals surface area contributed by atoms with Gasteiger partial charge in [-0.25, -0.2) is 4.98 Å². The molecule has 0 aliphatic carbocycles. The van der Waals surface area contributed by atoms with Gasteiger partial charge in [-0.15, -0.1) is 0 Å². The summed E-state index contributed by atoms with van der Waals surface area (Å²) in [6, 6.07) is 13.8. The Kier molecular flexibility index (Phi) is 3.95. The molecule has 0 fully saturated rings. The molecule has 7 heteroatoms. The second-order valence-electron chi connectivity index (χ2n) is 5.06. The minimum atomic E-state index is -0.429. The molecule has 2 aromatic carbocycles. The molecule has 0 aliphatic rings. The minimum absolute atomic E-state index is 0.0117. The van der Waals surface area contributed by atoms with Gasteiger partial charge in [0.1, 0.15) is 0 Å². The van der Waals surface area contributed by atoms with E-state index in [1.165, 1.54) is 12.1 Å². The predicted octanol–water partition coefficient (Wildman–Crippen LogP) is 3.36. The topological polar surface area (TPSA) is 96.8 Å². The van der Waals surface area contributed by atoms with Gasteiger partial charge in [0.2, 0.25) is 0 Å². The summed E-state index contributed by atoms with van der Waals surface area (Å²) in [5.41, 5.74) is 3.56. The summed E-state index contributed by atoms with van der Waals surface area (Å²) in [6.45, 7) is 0. The number of nitro groups is 1. The van der Waals surface area contributed by atoms with E-state index in [1.807, 2.05) is 12.1 Å². The minimum Gasteiger partial charge on any atom is -0.386 e. The molecule has 0 atom stereocenters. The highest BCUT2D eigenvalue weighted by Gasteiger charge is 2.13. The van der Waals surface area contributed by atoms with Gasteiger partial charge >= 0.3 is 0 Å². The molecule has 0 spiro atoms. The van der Waals surface area contributed by atoms with E-state index in [4.69, 9.17) is 5.26 Å². The molecule has 0 bridgehead atoms. The Hall–Kier alpha value is -3.66. The lowest BCUT2D eigenvalue weighted by Gasteiger charge is -2.09. The van der Waals surface area contributed by atoms with Crippen LogP contribution in [0.1, 0.15) is 5.56 Å². The van der Waals surface area contributed by atoms with Gasteiger partial charge in [0.05, 0.1) is 40.0 Å². The van der Waals surface area contributed by atoms with Gasteiger partial charge in [-0.05, 0) is 18.2 Å². The molecule has 0 radical (unpaired) electrons. The normalized spacial score (nSPS) is 10.2. The number of nitriles is 1. The van der Waals surface area contributed by atoms with Crippen LogP contribution < -0.4 is 5.32 Å². The summed E-state index contributed by atoms with van der Waals surface area (Å²) >= 11 is 0. The van der Waals surface area contributed by atoms with E-state index < -0.39 is 4.92 Å². The van der Waals surface area contributed by atoms with E-state index in [0.717, 1.165) is 11.3 Å². The van der Waals surface area contributed by atoms with Crippen LogP contribution in [0.5, 0.6) is 0 Å². The van der Waals surface area contributed by atoms with Crippen molar-refractivity contribution in [1.29, 1.82) is 5.26 Å². The third-order valence-corrected chi connectivity index (χ3v) is 3.63. The Labute approximate surface area is 138 Å². The molecule has 0 amide bonds. The number of benzene rings is 2. The number of aromatic nitrogens is 2. The Morgan fingerprint density at radius 3 is 2.62 bits per heavy atom. The Morgan fingerprint density at radius 1 is 1.25 bits per heavy atom. The van der Waals surface area contributed by atoms with Crippen molar-refractivity contribution in [2.75, 3.05) is 12.4 Å². The molecule has 24 heavy (non-hydrogen) atoms. The maximum Gasteiger partial charge on any atom is 0.271 e. The number of rotatable bonds is 4. The first-order chi connectivity index (χ1) is 11.6. The molecule has 1 N–H and O–H groups in total. The molecule has 118 valence electrons. The molecular weight excluding hydrogens is 306 g/mol. The van der Waals surface area contributed by atoms with Gasteiger partial charge in [-0.2, -0.15) is 5.26 Å². The highest BCUT2D eigenvalue weighted by molar-refractivity contribution is 5.66. The first-order valence-electron chi connectivity index (χ1n) is 7.13. The van der Waals surface area contributed by atoms with E-state index in [-0.39, 0.29) is 5.69 Å². The van der Waals surface area contributed by atoms with Gasteiger partial charge in [0, 0.05) is 30.9 Å². The second kappa shape index (κ2) is 6.22. The quantitative estimate of drug-likeness (QED) is 0.587. The number of nitrogens with zero attached hydrogens (tertiary/aromatic N) is 4. The summed E-state index contributed by atoms with van der Waals surface area (Å²) in [4.78, 5) is 14.9. The van der Waals surface area contributed by atoms with Crippen molar-refractivity contribution in [2.24, 2.45) is 0 Å². The summed E-state index contributed by atoms with van der Waals surface area (Å²) in [6.07, 6.45) is 3.40. The molecule has 0 saturated carbocycles. The molecule has 7 nitrogen and oxygen atoms in total. The molecule has 3 rings (SSSR count). The average molecular weight is 319 g/mol. The molecular formula is C17H13N5O2. The fraction of sp³-hybridized carbons (Fsp3) is 0.0588. The first-order valence-corrected chi connectivity index (χ1v) is 7.13. The van der Waals surface area contributed by atoms with E-state index >= 15 is 0 Å². The van der Waals surface area contributed by atoms with Crippen molar-refractivity contribution in [3.63, 3.8) is 0 Å². The van der Waals surface area contributed by atoms with Crippen LogP contribution in [-0.4, -0.2) is 21.5 Å². The van der Waals surface area contributed by atoms with Gasteiger partial charge < -0.3 is 9.88 Å². The smallest absolute Gasteiger partial charge is 0.271 e. The fourth-order valence-corrected chi connectivity index (χ4v) is 2.38. The first kappa shape index (κ1) is 15.2. The van der Waals surface area contributed by atoms with Gasteiger partial charge in [0.25, 0.3) is 5.69 Å². The van der Waals surface area contributed by atoms with E-state index in [9.17, 15) is 10.1 Å². The zero-order valence-corrected chi connectivity index (χ0v) is 12.8. The van der Waals surface area contributed by atoms with Crippen LogP contribution in [0.25, 0.3) is 16.9 Å². The van der Waals surface area contributed by atoms with E-state index in [2.05, 4.69) is 16.4 Å². The maximum absolute atomic E-state index is 11.0. The highest BCUT2D eigenvalue weighted by atomic mass is 16.6. The largest absolute Gasteiger partial charge is 0.386 e. The van der Waals surface area contributed by atoms with Crippen LogP contribution in [0.4, 0.5) is 11.4 Å². The van der Waals surface area contributed by atoms with Gasteiger partial charge in [-0.3, -0.25) is 10.1 Å². The number of nitrogens with one attached hydrogen (secondary N) is 1. The molecule has 1 heterocycles. The summed E-state index contributed by atoms with van der Waals surface area (Å²) in [5, 5.41) is 22.9. The van der Waals surface area contributed by atoms with Gasteiger partial charge in [0.15, 0.2) is 0 Å². The zero-order chi connectivity index (χ0) is 17.1.